The number of unbranched alkanes of at least 4 members (excludes halogenated alkanes) is 3. The van der Waals surface area contributed by atoms with Gasteiger partial charge in [0.15, 0.2) is 11.3 Å². The summed E-state index contributed by atoms with van der Waals surface area (Å²) in [5.74, 6) is 1.77. The zero-order valence-electron chi connectivity index (χ0n) is 11.9. The lowest BCUT2D eigenvalue weighted by atomic mass is 10.2. The van der Waals surface area contributed by atoms with E-state index >= 15 is 0 Å². The monoisotopic (exact) mass is 261 g/mol. The second-order valence-electron chi connectivity index (χ2n) is 4.83. The Kier molecular flexibility index (Phi) is 5.28. The third kappa shape index (κ3) is 3.74. The van der Waals surface area contributed by atoms with Crippen molar-refractivity contribution >= 4 is 11.0 Å². The van der Waals surface area contributed by atoms with Gasteiger partial charge < -0.3 is 14.5 Å². The summed E-state index contributed by atoms with van der Waals surface area (Å²) >= 11 is 0. The van der Waals surface area contributed by atoms with Crippen molar-refractivity contribution in [3.63, 3.8) is 0 Å². The highest BCUT2D eigenvalue weighted by Crippen LogP contribution is 2.28. The lowest BCUT2D eigenvalue weighted by molar-refractivity contribution is 0.406. The molecular weight excluding hydrogens is 238 g/mol. The van der Waals surface area contributed by atoms with Crippen LogP contribution in [0.5, 0.6) is 5.75 Å². The van der Waals surface area contributed by atoms with Crippen LogP contribution >= 0.6 is 0 Å². The van der Waals surface area contributed by atoms with Gasteiger partial charge in [0, 0.05) is 5.39 Å². The van der Waals surface area contributed by atoms with Gasteiger partial charge in [-0.15, -0.1) is 0 Å². The Morgan fingerprint density at radius 2 is 2.11 bits per heavy atom. The second kappa shape index (κ2) is 7.19. The van der Waals surface area contributed by atoms with Crippen molar-refractivity contribution in [1.82, 2.24) is 5.32 Å². The maximum atomic E-state index is 5.83. The first-order chi connectivity index (χ1) is 9.35. The highest BCUT2D eigenvalue weighted by molar-refractivity contribution is 5.83. The minimum Gasteiger partial charge on any atom is -0.493 e. The minimum absolute atomic E-state index is 0.782. The summed E-state index contributed by atoms with van der Waals surface area (Å²) in [6.07, 6.45) is 5.14. The Morgan fingerprint density at radius 1 is 1.21 bits per heavy atom. The van der Waals surface area contributed by atoms with Crippen LogP contribution in [-0.4, -0.2) is 13.7 Å². The molecule has 0 fully saturated rings. The Bertz CT molecular complexity index is 504. The van der Waals surface area contributed by atoms with Crippen LogP contribution in [0.1, 0.15) is 38.4 Å². The average molecular weight is 261 g/mol. The number of methoxy groups -OCH3 is 1. The van der Waals surface area contributed by atoms with Crippen molar-refractivity contribution in [2.45, 2.75) is 39.2 Å². The van der Waals surface area contributed by atoms with Gasteiger partial charge >= 0.3 is 0 Å². The summed E-state index contributed by atoms with van der Waals surface area (Å²) in [6, 6.07) is 8.04. The highest BCUT2D eigenvalue weighted by atomic mass is 16.5. The fraction of sp³-hybridized carbons (Fsp3) is 0.500. The van der Waals surface area contributed by atoms with Gasteiger partial charge in [-0.3, -0.25) is 0 Å². The van der Waals surface area contributed by atoms with Gasteiger partial charge in [0.25, 0.3) is 0 Å². The molecule has 1 aromatic heterocycles. The number of rotatable bonds is 8. The molecule has 0 radical (unpaired) electrons. The fourth-order valence-corrected chi connectivity index (χ4v) is 2.23. The number of furan rings is 1. The molecule has 0 aliphatic heterocycles. The maximum Gasteiger partial charge on any atom is 0.176 e. The first kappa shape index (κ1) is 13.9. The van der Waals surface area contributed by atoms with Gasteiger partial charge in [0.2, 0.25) is 0 Å². The minimum atomic E-state index is 0.782. The lowest BCUT2D eigenvalue weighted by Gasteiger charge is -2.02. The number of benzene rings is 1. The SMILES string of the molecule is CCCCCCNCc1cc2cccc(OC)c2o1. The predicted molar refractivity (Wildman–Crippen MR) is 78.6 cm³/mol. The van der Waals surface area contributed by atoms with Crippen molar-refractivity contribution in [2.75, 3.05) is 13.7 Å². The van der Waals surface area contributed by atoms with Gasteiger partial charge in [-0.2, -0.15) is 0 Å². The smallest absolute Gasteiger partial charge is 0.176 e. The van der Waals surface area contributed by atoms with E-state index < -0.39 is 0 Å². The average Bonchev–Trinajstić information content (AvgIpc) is 2.85. The first-order valence-electron chi connectivity index (χ1n) is 7.11. The molecule has 0 saturated heterocycles. The molecule has 1 heterocycles. The third-order valence-electron chi connectivity index (χ3n) is 3.29. The quantitative estimate of drug-likeness (QED) is 0.726. The van der Waals surface area contributed by atoms with Crippen molar-refractivity contribution in [1.29, 1.82) is 0 Å². The number of nitrogens with one attached hydrogen (secondary N) is 1. The van der Waals surface area contributed by atoms with E-state index in [1.807, 2.05) is 18.2 Å². The fourth-order valence-electron chi connectivity index (χ4n) is 2.23. The molecule has 0 saturated carbocycles. The van der Waals surface area contributed by atoms with E-state index in [1.54, 1.807) is 7.11 Å². The summed E-state index contributed by atoms with van der Waals surface area (Å²) in [6.45, 7) is 4.06. The van der Waals surface area contributed by atoms with Gasteiger partial charge in [-0.1, -0.05) is 38.3 Å². The summed E-state index contributed by atoms with van der Waals surface area (Å²) in [5.41, 5.74) is 0.841. The molecule has 2 rings (SSSR count). The number of hydrogen-bond donors (Lipinski definition) is 1. The molecular formula is C16H23NO2. The van der Waals surface area contributed by atoms with Crippen LogP contribution in [0.4, 0.5) is 0 Å². The van der Waals surface area contributed by atoms with Crippen molar-refractivity contribution in [3.8, 4) is 5.75 Å². The van der Waals surface area contributed by atoms with Crippen LogP contribution in [0, 0.1) is 0 Å². The number of hydrogen-bond acceptors (Lipinski definition) is 3. The topological polar surface area (TPSA) is 34.4 Å². The standard InChI is InChI=1S/C16H23NO2/c1-3-4-5-6-10-17-12-14-11-13-8-7-9-15(18-2)16(13)19-14/h7-9,11,17H,3-6,10,12H2,1-2H3. The van der Waals surface area contributed by atoms with Crippen LogP contribution in [0.2, 0.25) is 0 Å². The zero-order valence-corrected chi connectivity index (χ0v) is 11.9. The van der Waals surface area contributed by atoms with E-state index in [0.29, 0.717) is 0 Å². The van der Waals surface area contributed by atoms with E-state index in [2.05, 4.69) is 18.3 Å². The van der Waals surface area contributed by atoms with Crippen LogP contribution in [0.25, 0.3) is 11.0 Å². The van der Waals surface area contributed by atoms with E-state index in [0.717, 1.165) is 35.6 Å². The molecule has 0 amide bonds. The van der Waals surface area contributed by atoms with Gasteiger partial charge in [0.05, 0.1) is 13.7 Å². The molecule has 1 N–H and O–H groups in total. The van der Waals surface area contributed by atoms with Gasteiger partial charge in [-0.05, 0) is 25.1 Å². The number of ether oxygens (including phenoxy) is 1. The van der Waals surface area contributed by atoms with Gasteiger partial charge in [-0.25, -0.2) is 0 Å². The Labute approximate surface area is 114 Å². The van der Waals surface area contributed by atoms with E-state index in [9.17, 15) is 0 Å². The first-order valence-corrected chi connectivity index (χ1v) is 7.11. The van der Waals surface area contributed by atoms with Crippen LogP contribution in [0.15, 0.2) is 28.7 Å². The summed E-state index contributed by atoms with van der Waals surface area (Å²) < 4.78 is 11.1. The van der Waals surface area contributed by atoms with Crippen LogP contribution in [-0.2, 0) is 6.54 Å². The predicted octanol–water partition coefficient (Wildman–Crippen LogP) is 4.11. The van der Waals surface area contributed by atoms with E-state index in [-0.39, 0.29) is 0 Å². The number of fused-ring (bicyclic) bond motifs is 1. The molecule has 104 valence electrons. The molecule has 1 aromatic carbocycles. The largest absolute Gasteiger partial charge is 0.493 e. The molecule has 0 aliphatic rings. The van der Waals surface area contributed by atoms with Crippen LogP contribution in [0.3, 0.4) is 0 Å². The normalized spacial score (nSPS) is 11.1. The summed E-state index contributed by atoms with van der Waals surface area (Å²) in [7, 11) is 1.67. The third-order valence-corrected chi connectivity index (χ3v) is 3.29. The zero-order chi connectivity index (χ0) is 13.5. The van der Waals surface area contributed by atoms with Crippen LogP contribution < -0.4 is 10.1 Å². The highest BCUT2D eigenvalue weighted by Gasteiger charge is 2.07. The molecule has 19 heavy (non-hydrogen) atoms. The number of para-hydroxylation sites is 1. The van der Waals surface area contributed by atoms with Gasteiger partial charge in [0.1, 0.15) is 5.76 Å². The second-order valence-corrected chi connectivity index (χ2v) is 4.83. The summed E-state index contributed by atoms with van der Waals surface area (Å²) in [4.78, 5) is 0. The lowest BCUT2D eigenvalue weighted by Crippen LogP contribution is -2.13. The molecule has 3 nitrogen and oxygen atoms in total. The Balaban J connectivity index is 1.87. The molecule has 0 bridgehead atoms. The molecule has 0 spiro atoms. The maximum absolute atomic E-state index is 5.83. The Hall–Kier alpha value is -1.48. The molecule has 0 aliphatic carbocycles. The summed E-state index contributed by atoms with van der Waals surface area (Å²) in [5, 5.41) is 4.52. The molecule has 0 unspecified atom stereocenters. The Morgan fingerprint density at radius 3 is 2.89 bits per heavy atom. The molecule has 0 atom stereocenters. The van der Waals surface area contributed by atoms with Crippen molar-refractivity contribution in [3.05, 3.63) is 30.0 Å². The molecule has 2 aromatic rings. The van der Waals surface area contributed by atoms with Crippen molar-refractivity contribution in [2.24, 2.45) is 0 Å². The van der Waals surface area contributed by atoms with Crippen molar-refractivity contribution < 1.29 is 9.15 Å². The van der Waals surface area contributed by atoms with E-state index in [1.165, 1.54) is 25.7 Å². The van der Waals surface area contributed by atoms with E-state index in [4.69, 9.17) is 9.15 Å². The molecule has 3 heteroatoms.